The first-order valence-corrected chi connectivity index (χ1v) is 10.3. The number of aromatic amines is 1. The SMILES string of the molecule is CC[C@H]1C[C@@H]2C[C@@]3(C(=O)OC)c4[nH]c5ccc(OC)cc5c4CCN([C@@H]13)[C@H]2O. The van der Waals surface area contributed by atoms with Crippen molar-refractivity contribution in [1.82, 2.24) is 9.88 Å². The standard InChI is InChI=1S/C22H28N2O4/c1-4-12-9-13-11-22(21(26)28-3)18-15(7-8-24(19(12)22)20(13)25)16-10-14(27-2)5-6-17(16)23-18/h5-6,10,12-13,19-20,23,25H,4,7-9,11H2,1-3H3/t12-,13+,19-,20-,22+/m0/s1. The Morgan fingerprint density at radius 1 is 1.39 bits per heavy atom. The molecule has 0 radical (unpaired) electrons. The second kappa shape index (κ2) is 6.22. The first-order chi connectivity index (χ1) is 13.5. The Morgan fingerprint density at radius 2 is 2.21 bits per heavy atom. The number of aliphatic hydroxyl groups excluding tert-OH is 1. The van der Waals surface area contributed by atoms with Crippen LogP contribution in [0.15, 0.2) is 18.2 Å². The minimum atomic E-state index is -0.754. The Morgan fingerprint density at radius 3 is 2.93 bits per heavy atom. The summed E-state index contributed by atoms with van der Waals surface area (Å²) in [5.74, 6) is 1.08. The molecule has 3 fully saturated rings. The Balaban J connectivity index is 1.79. The molecule has 4 bridgehead atoms. The van der Waals surface area contributed by atoms with E-state index in [1.807, 2.05) is 18.2 Å². The first-order valence-electron chi connectivity index (χ1n) is 10.3. The van der Waals surface area contributed by atoms with E-state index in [-0.39, 0.29) is 17.9 Å². The van der Waals surface area contributed by atoms with Crippen LogP contribution in [0.2, 0.25) is 0 Å². The summed E-state index contributed by atoms with van der Waals surface area (Å²) in [7, 11) is 3.15. The summed E-state index contributed by atoms with van der Waals surface area (Å²) < 4.78 is 10.8. The van der Waals surface area contributed by atoms with Gasteiger partial charge in [0.15, 0.2) is 0 Å². The summed E-state index contributed by atoms with van der Waals surface area (Å²) in [5, 5.41) is 12.1. The lowest BCUT2D eigenvalue weighted by atomic mass is 9.56. The van der Waals surface area contributed by atoms with Gasteiger partial charge in [-0.05, 0) is 48.9 Å². The number of nitrogens with zero attached hydrogens (tertiary/aromatic N) is 1. The molecule has 2 N–H and O–H groups in total. The number of H-pyrrole nitrogens is 1. The van der Waals surface area contributed by atoms with E-state index >= 15 is 0 Å². The van der Waals surface area contributed by atoms with Crippen molar-refractivity contribution in [2.24, 2.45) is 11.8 Å². The van der Waals surface area contributed by atoms with E-state index in [9.17, 15) is 9.90 Å². The maximum Gasteiger partial charge on any atom is 0.319 e. The van der Waals surface area contributed by atoms with E-state index in [1.165, 1.54) is 7.11 Å². The number of fused-ring (bicyclic) bond motifs is 4. The molecule has 1 unspecified atom stereocenters. The number of aromatic nitrogens is 1. The monoisotopic (exact) mass is 384 g/mol. The highest BCUT2D eigenvalue weighted by Gasteiger charge is 2.65. The lowest BCUT2D eigenvalue weighted by Crippen LogP contribution is -2.70. The highest BCUT2D eigenvalue weighted by atomic mass is 16.5. The molecule has 4 aliphatic rings. The Bertz CT molecular complexity index is 938. The molecular formula is C22H28N2O4. The Kier molecular flexibility index (Phi) is 4.00. The number of ether oxygens (including phenoxy) is 2. The molecule has 1 aromatic heterocycles. The smallest absolute Gasteiger partial charge is 0.319 e. The Hall–Kier alpha value is -2.05. The second-order valence-corrected chi connectivity index (χ2v) is 8.57. The number of carbonyl (C=O) groups excluding carboxylic acids is 1. The van der Waals surface area contributed by atoms with Gasteiger partial charge in [0.25, 0.3) is 0 Å². The van der Waals surface area contributed by atoms with Gasteiger partial charge >= 0.3 is 5.97 Å². The van der Waals surface area contributed by atoms with Crippen molar-refractivity contribution in [3.63, 3.8) is 0 Å². The molecular weight excluding hydrogens is 356 g/mol. The number of piperidine rings is 2. The molecule has 0 amide bonds. The molecule has 6 nitrogen and oxygen atoms in total. The van der Waals surface area contributed by atoms with Crippen LogP contribution < -0.4 is 4.74 Å². The summed E-state index contributed by atoms with van der Waals surface area (Å²) in [6.45, 7) is 2.93. The van der Waals surface area contributed by atoms with Crippen LogP contribution in [-0.2, 0) is 21.4 Å². The molecule has 0 spiro atoms. The third-order valence-corrected chi connectivity index (χ3v) is 7.51. The summed E-state index contributed by atoms with van der Waals surface area (Å²) in [6, 6.07) is 5.98. The number of benzene rings is 1. The normalized spacial score (nSPS) is 36.1. The van der Waals surface area contributed by atoms with Crippen LogP contribution in [0.4, 0.5) is 0 Å². The molecule has 3 aliphatic heterocycles. The summed E-state index contributed by atoms with van der Waals surface area (Å²) in [6.07, 6.45) is 2.91. The van der Waals surface area contributed by atoms with Crippen LogP contribution in [0.5, 0.6) is 5.75 Å². The molecule has 6 rings (SSSR count). The van der Waals surface area contributed by atoms with Gasteiger partial charge in [0.1, 0.15) is 17.4 Å². The number of carbonyl (C=O) groups is 1. The molecule has 1 saturated carbocycles. The van der Waals surface area contributed by atoms with Crippen molar-refractivity contribution in [2.75, 3.05) is 20.8 Å². The molecule has 1 aromatic carbocycles. The average Bonchev–Trinajstić information content (AvgIpc) is 3.04. The number of nitrogens with one attached hydrogen (secondary N) is 1. The molecule has 28 heavy (non-hydrogen) atoms. The summed E-state index contributed by atoms with van der Waals surface area (Å²) in [4.78, 5) is 19.2. The van der Waals surface area contributed by atoms with E-state index in [4.69, 9.17) is 9.47 Å². The third-order valence-electron chi connectivity index (χ3n) is 7.51. The highest BCUT2D eigenvalue weighted by Crippen LogP contribution is 2.57. The fourth-order valence-corrected chi connectivity index (χ4v) is 6.39. The lowest BCUT2D eigenvalue weighted by molar-refractivity contribution is -0.196. The average molecular weight is 384 g/mol. The number of hydrogen-bond donors (Lipinski definition) is 2. The molecule has 2 saturated heterocycles. The maximum atomic E-state index is 13.4. The van der Waals surface area contributed by atoms with Gasteiger partial charge in [-0.15, -0.1) is 0 Å². The first kappa shape index (κ1) is 18.0. The zero-order valence-corrected chi connectivity index (χ0v) is 16.7. The second-order valence-electron chi connectivity index (χ2n) is 8.57. The van der Waals surface area contributed by atoms with Crippen molar-refractivity contribution in [3.8, 4) is 5.75 Å². The van der Waals surface area contributed by atoms with Crippen molar-refractivity contribution in [3.05, 3.63) is 29.5 Å². The Labute approximate surface area is 164 Å². The van der Waals surface area contributed by atoms with Gasteiger partial charge in [0, 0.05) is 35.1 Å². The summed E-state index contributed by atoms with van der Waals surface area (Å²) in [5.41, 5.74) is 2.43. The fourth-order valence-electron chi connectivity index (χ4n) is 6.39. The quantitative estimate of drug-likeness (QED) is 0.796. The van der Waals surface area contributed by atoms with E-state index in [2.05, 4.69) is 16.8 Å². The van der Waals surface area contributed by atoms with Gasteiger partial charge in [-0.1, -0.05) is 13.3 Å². The zero-order chi connectivity index (χ0) is 19.6. The number of esters is 1. The lowest BCUT2D eigenvalue weighted by Gasteiger charge is -2.59. The van der Waals surface area contributed by atoms with Crippen LogP contribution >= 0.6 is 0 Å². The third kappa shape index (κ3) is 2.13. The van der Waals surface area contributed by atoms with Gasteiger partial charge in [-0.3, -0.25) is 9.69 Å². The van der Waals surface area contributed by atoms with E-state index < -0.39 is 11.6 Å². The number of hydrogen-bond acceptors (Lipinski definition) is 5. The van der Waals surface area contributed by atoms with E-state index in [0.29, 0.717) is 12.3 Å². The van der Waals surface area contributed by atoms with Crippen molar-refractivity contribution >= 4 is 16.9 Å². The van der Waals surface area contributed by atoms with Gasteiger partial charge in [-0.25, -0.2) is 0 Å². The molecule has 1 aliphatic carbocycles. The van der Waals surface area contributed by atoms with Crippen LogP contribution in [0.3, 0.4) is 0 Å². The molecule has 6 atom stereocenters. The topological polar surface area (TPSA) is 74.8 Å². The van der Waals surface area contributed by atoms with Crippen molar-refractivity contribution in [2.45, 2.75) is 50.3 Å². The summed E-state index contributed by atoms with van der Waals surface area (Å²) >= 11 is 0. The molecule has 4 heterocycles. The van der Waals surface area contributed by atoms with Gasteiger partial charge in [0.2, 0.25) is 0 Å². The van der Waals surface area contributed by atoms with Gasteiger partial charge in [-0.2, -0.15) is 0 Å². The van der Waals surface area contributed by atoms with E-state index in [0.717, 1.165) is 53.7 Å². The largest absolute Gasteiger partial charge is 0.497 e. The van der Waals surface area contributed by atoms with E-state index in [1.54, 1.807) is 7.11 Å². The fraction of sp³-hybridized carbons (Fsp3) is 0.591. The zero-order valence-electron chi connectivity index (χ0n) is 16.7. The maximum absolute atomic E-state index is 13.4. The minimum absolute atomic E-state index is 0.0406. The van der Waals surface area contributed by atoms with Gasteiger partial charge in [0.05, 0.1) is 14.2 Å². The number of rotatable bonds is 3. The van der Waals surface area contributed by atoms with Crippen LogP contribution in [0.1, 0.15) is 37.4 Å². The number of aliphatic hydroxyl groups is 1. The minimum Gasteiger partial charge on any atom is -0.497 e. The number of methoxy groups -OCH3 is 2. The molecule has 2 aromatic rings. The predicted octanol–water partition coefficient (Wildman–Crippen LogP) is 2.58. The van der Waals surface area contributed by atoms with Crippen LogP contribution in [-0.4, -0.2) is 54.0 Å². The van der Waals surface area contributed by atoms with Gasteiger partial charge < -0.3 is 19.6 Å². The van der Waals surface area contributed by atoms with Crippen molar-refractivity contribution in [1.29, 1.82) is 0 Å². The molecule has 150 valence electrons. The predicted molar refractivity (Wildman–Crippen MR) is 105 cm³/mol. The highest BCUT2D eigenvalue weighted by molar-refractivity contribution is 5.92. The van der Waals surface area contributed by atoms with Crippen LogP contribution in [0.25, 0.3) is 10.9 Å². The van der Waals surface area contributed by atoms with Crippen LogP contribution in [0, 0.1) is 11.8 Å². The molecule has 6 heteroatoms. The van der Waals surface area contributed by atoms with Crippen molar-refractivity contribution < 1.29 is 19.4 Å².